The standard InChI is InChI=1S/C8H12N2O2.CH4O3S/c1-11-5-7-2-8(10-12-7)6-3-9-4-6;1-5(2,3)4/h2,6,9H,3-5H2,1H3;1H3,(H,2,3,4). The third-order valence-electron chi connectivity index (χ3n) is 2.06. The predicted octanol–water partition coefficient (Wildman–Crippen LogP) is 0.0118. The number of nitrogens with zero attached hydrogens (tertiary/aromatic N) is 1. The van der Waals surface area contributed by atoms with Gasteiger partial charge in [0.2, 0.25) is 0 Å². The zero-order valence-corrected chi connectivity index (χ0v) is 10.5. The van der Waals surface area contributed by atoms with Crippen molar-refractivity contribution in [3.63, 3.8) is 0 Å². The predicted molar refractivity (Wildman–Crippen MR) is 60.3 cm³/mol. The third-order valence-corrected chi connectivity index (χ3v) is 2.06. The van der Waals surface area contributed by atoms with Crippen LogP contribution in [-0.2, 0) is 21.5 Å². The van der Waals surface area contributed by atoms with Crippen LogP contribution in [0.1, 0.15) is 17.4 Å². The maximum absolute atomic E-state index is 9.19. The summed E-state index contributed by atoms with van der Waals surface area (Å²) >= 11 is 0. The minimum atomic E-state index is -3.67. The molecule has 1 saturated heterocycles. The van der Waals surface area contributed by atoms with Gasteiger partial charge in [-0.1, -0.05) is 5.16 Å². The van der Waals surface area contributed by atoms with Crippen molar-refractivity contribution < 1.29 is 22.2 Å². The minimum absolute atomic E-state index is 0.507. The van der Waals surface area contributed by atoms with Crippen LogP contribution in [0.5, 0.6) is 0 Å². The summed E-state index contributed by atoms with van der Waals surface area (Å²) in [6, 6.07) is 1.97. The van der Waals surface area contributed by atoms with Crippen molar-refractivity contribution in [1.29, 1.82) is 0 Å². The lowest BCUT2D eigenvalue weighted by molar-refractivity contribution is 0.155. The molecule has 1 aliphatic rings. The summed E-state index contributed by atoms with van der Waals surface area (Å²) in [7, 11) is -2.02. The van der Waals surface area contributed by atoms with Crippen LogP contribution in [0.15, 0.2) is 10.6 Å². The molecule has 17 heavy (non-hydrogen) atoms. The van der Waals surface area contributed by atoms with Gasteiger partial charge in [-0.05, 0) is 0 Å². The van der Waals surface area contributed by atoms with Crippen LogP contribution >= 0.6 is 0 Å². The maximum atomic E-state index is 9.19. The molecule has 0 radical (unpaired) electrons. The van der Waals surface area contributed by atoms with Gasteiger partial charge in [-0.2, -0.15) is 8.42 Å². The van der Waals surface area contributed by atoms with E-state index in [2.05, 4.69) is 10.5 Å². The highest BCUT2D eigenvalue weighted by molar-refractivity contribution is 7.85. The molecule has 0 aromatic carbocycles. The highest BCUT2D eigenvalue weighted by Crippen LogP contribution is 2.19. The van der Waals surface area contributed by atoms with Gasteiger partial charge in [0, 0.05) is 32.2 Å². The minimum Gasteiger partial charge on any atom is -0.377 e. The summed E-state index contributed by atoms with van der Waals surface area (Å²) < 4.78 is 35.9. The molecule has 1 aromatic rings. The molecule has 2 N–H and O–H groups in total. The molecule has 8 heteroatoms. The average molecular weight is 264 g/mol. The molecule has 0 aliphatic carbocycles. The van der Waals surface area contributed by atoms with E-state index in [9.17, 15) is 8.42 Å². The van der Waals surface area contributed by atoms with Crippen LogP contribution in [0, 0.1) is 0 Å². The van der Waals surface area contributed by atoms with Crippen molar-refractivity contribution in [3.05, 3.63) is 17.5 Å². The Labute approximate surface area is 99.9 Å². The molecule has 1 fully saturated rings. The zero-order chi connectivity index (χ0) is 12.9. The first-order valence-corrected chi connectivity index (χ1v) is 6.82. The van der Waals surface area contributed by atoms with Crippen molar-refractivity contribution in [2.24, 2.45) is 0 Å². The average Bonchev–Trinajstić information content (AvgIpc) is 2.47. The topological polar surface area (TPSA) is 102 Å². The molecule has 1 aromatic heterocycles. The van der Waals surface area contributed by atoms with Gasteiger partial charge in [-0.3, -0.25) is 4.55 Å². The lowest BCUT2D eigenvalue weighted by Gasteiger charge is -2.24. The van der Waals surface area contributed by atoms with E-state index in [0.717, 1.165) is 24.5 Å². The molecule has 1 aliphatic heterocycles. The maximum Gasteiger partial charge on any atom is 0.261 e. The van der Waals surface area contributed by atoms with Crippen molar-refractivity contribution in [2.45, 2.75) is 12.5 Å². The first-order valence-electron chi connectivity index (χ1n) is 4.97. The van der Waals surface area contributed by atoms with Crippen molar-refractivity contribution >= 4 is 10.1 Å². The molecule has 2 heterocycles. The Morgan fingerprint density at radius 1 is 1.65 bits per heavy atom. The van der Waals surface area contributed by atoms with E-state index in [1.54, 1.807) is 7.11 Å². The van der Waals surface area contributed by atoms with Crippen LogP contribution < -0.4 is 5.32 Å². The van der Waals surface area contributed by atoms with E-state index in [4.69, 9.17) is 13.8 Å². The lowest BCUT2D eigenvalue weighted by Crippen LogP contribution is -2.40. The molecule has 7 nitrogen and oxygen atoms in total. The van der Waals surface area contributed by atoms with Gasteiger partial charge in [-0.25, -0.2) is 0 Å². The van der Waals surface area contributed by atoms with Crippen LogP contribution in [0.4, 0.5) is 0 Å². The fourth-order valence-electron chi connectivity index (χ4n) is 1.23. The largest absolute Gasteiger partial charge is 0.377 e. The molecule has 98 valence electrons. The summed E-state index contributed by atoms with van der Waals surface area (Å²) in [5.74, 6) is 1.35. The van der Waals surface area contributed by atoms with Gasteiger partial charge in [0.05, 0.1) is 11.9 Å². The number of ether oxygens (including phenoxy) is 1. The second kappa shape index (κ2) is 6.10. The van der Waals surface area contributed by atoms with Gasteiger partial charge >= 0.3 is 0 Å². The van der Waals surface area contributed by atoms with Gasteiger partial charge < -0.3 is 14.6 Å². The Morgan fingerprint density at radius 2 is 2.24 bits per heavy atom. The Balaban J connectivity index is 0.000000249. The molecule has 0 unspecified atom stereocenters. The first kappa shape index (κ1) is 14.1. The molecule has 0 saturated carbocycles. The zero-order valence-electron chi connectivity index (χ0n) is 9.71. The Morgan fingerprint density at radius 3 is 2.65 bits per heavy atom. The molecule has 0 atom stereocenters. The number of aromatic nitrogens is 1. The monoisotopic (exact) mass is 264 g/mol. The first-order chi connectivity index (χ1) is 7.90. The van der Waals surface area contributed by atoms with Crippen LogP contribution in [0.2, 0.25) is 0 Å². The smallest absolute Gasteiger partial charge is 0.261 e. The van der Waals surface area contributed by atoms with Crippen LogP contribution in [0.3, 0.4) is 0 Å². The molecule has 0 spiro atoms. The molecule has 0 amide bonds. The van der Waals surface area contributed by atoms with E-state index in [-0.39, 0.29) is 0 Å². The van der Waals surface area contributed by atoms with E-state index in [1.165, 1.54) is 0 Å². The highest BCUT2D eigenvalue weighted by Gasteiger charge is 2.22. The molecule has 2 rings (SSSR count). The number of methoxy groups -OCH3 is 1. The van der Waals surface area contributed by atoms with E-state index in [0.29, 0.717) is 18.8 Å². The summed E-state index contributed by atoms with van der Waals surface area (Å²) in [5, 5.41) is 7.15. The van der Waals surface area contributed by atoms with Crippen molar-refractivity contribution in [2.75, 3.05) is 26.5 Å². The quantitative estimate of drug-likeness (QED) is 0.741. The second-order valence-electron chi connectivity index (χ2n) is 3.74. The number of nitrogens with one attached hydrogen (secondary N) is 1. The Bertz CT molecular complexity index is 430. The Kier molecular flexibility index (Phi) is 5.06. The third kappa shape index (κ3) is 5.78. The number of hydrogen-bond donors (Lipinski definition) is 2. The van der Waals surface area contributed by atoms with E-state index < -0.39 is 10.1 Å². The lowest BCUT2D eigenvalue weighted by atomic mass is 9.99. The summed E-state index contributed by atoms with van der Waals surface area (Å²) in [4.78, 5) is 0. The van der Waals surface area contributed by atoms with Crippen LogP contribution in [-0.4, -0.2) is 44.6 Å². The van der Waals surface area contributed by atoms with Gasteiger partial charge in [-0.15, -0.1) is 0 Å². The van der Waals surface area contributed by atoms with E-state index in [1.807, 2.05) is 6.07 Å². The van der Waals surface area contributed by atoms with Gasteiger partial charge in [0.15, 0.2) is 5.76 Å². The van der Waals surface area contributed by atoms with Crippen molar-refractivity contribution in [1.82, 2.24) is 10.5 Å². The highest BCUT2D eigenvalue weighted by atomic mass is 32.2. The molecule has 0 bridgehead atoms. The van der Waals surface area contributed by atoms with Gasteiger partial charge in [0.1, 0.15) is 6.61 Å². The normalized spacial score (nSPS) is 15.9. The van der Waals surface area contributed by atoms with Gasteiger partial charge in [0.25, 0.3) is 10.1 Å². The molecular formula is C9H16N2O5S. The number of rotatable bonds is 3. The summed E-state index contributed by atoms with van der Waals surface area (Å²) in [6.07, 6.45) is 0.715. The fourth-order valence-corrected chi connectivity index (χ4v) is 1.23. The van der Waals surface area contributed by atoms with E-state index >= 15 is 0 Å². The Hall–Kier alpha value is -0.960. The molecular weight excluding hydrogens is 248 g/mol. The summed E-state index contributed by atoms with van der Waals surface area (Å²) in [5.41, 5.74) is 1.04. The fraction of sp³-hybridized carbons (Fsp3) is 0.667. The number of hydrogen-bond acceptors (Lipinski definition) is 6. The van der Waals surface area contributed by atoms with Crippen LogP contribution in [0.25, 0.3) is 0 Å². The van der Waals surface area contributed by atoms with Crippen molar-refractivity contribution in [3.8, 4) is 0 Å². The summed E-state index contributed by atoms with van der Waals surface area (Å²) in [6.45, 7) is 2.53. The SMILES string of the molecule is COCc1cc(C2CNC2)no1.CS(=O)(=O)O. The second-order valence-corrected chi connectivity index (χ2v) is 5.21.